The fraction of sp³-hybridized carbons (Fsp3) is 0.250. The van der Waals surface area contributed by atoms with E-state index in [4.69, 9.17) is 11.6 Å². The van der Waals surface area contributed by atoms with E-state index in [1.807, 2.05) is 0 Å². The number of sulfone groups is 1. The lowest BCUT2D eigenvalue weighted by Crippen LogP contribution is -2.54. The lowest BCUT2D eigenvalue weighted by Gasteiger charge is -2.40. The second-order valence-electron chi connectivity index (χ2n) is 10.1. The molecule has 0 bridgehead atoms. The van der Waals surface area contributed by atoms with E-state index in [1.165, 1.54) is 36.2 Å². The van der Waals surface area contributed by atoms with Crippen LogP contribution in [-0.2, 0) is 14.6 Å². The minimum atomic E-state index is -3.93. The molecule has 0 radical (unpaired) electrons. The molecule has 4 aromatic rings. The molecule has 15 heteroatoms. The van der Waals surface area contributed by atoms with Gasteiger partial charge in [0.1, 0.15) is 17.3 Å². The van der Waals surface area contributed by atoms with Gasteiger partial charge in [-0.2, -0.15) is 4.98 Å². The first-order chi connectivity index (χ1) is 20.2. The van der Waals surface area contributed by atoms with Crippen LogP contribution in [0.15, 0.2) is 58.6 Å². The number of hydrogen-bond acceptors (Lipinski definition) is 8. The molecule has 0 N–H and O–H groups in total. The Morgan fingerprint density at radius 2 is 1.86 bits per heavy atom. The zero-order chi connectivity index (χ0) is 31.4. The van der Waals surface area contributed by atoms with Gasteiger partial charge >= 0.3 is 5.69 Å². The highest BCUT2D eigenvalue weighted by Gasteiger charge is 2.32. The summed E-state index contributed by atoms with van der Waals surface area (Å²) in [5, 5.41) is -0.162. The number of amides is 1. The summed E-state index contributed by atoms with van der Waals surface area (Å²) >= 11 is 6.23. The van der Waals surface area contributed by atoms with Gasteiger partial charge in [-0.3, -0.25) is 9.78 Å². The van der Waals surface area contributed by atoms with Gasteiger partial charge in [0.25, 0.3) is 5.91 Å². The van der Waals surface area contributed by atoms with E-state index in [0.717, 1.165) is 23.0 Å². The molecule has 5 rings (SSSR count). The van der Waals surface area contributed by atoms with E-state index in [0.29, 0.717) is 0 Å². The maximum atomic E-state index is 15.8. The number of aromatic nitrogens is 4. The lowest BCUT2D eigenvalue weighted by atomic mass is 10.1. The average Bonchev–Trinajstić information content (AvgIpc) is 2.92. The Morgan fingerprint density at radius 3 is 2.49 bits per heavy atom. The van der Waals surface area contributed by atoms with Gasteiger partial charge in [-0.25, -0.2) is 35.9 Å². The summed E-state index contributed by atoms with van der Waals surface area (Å²) in [6.07, 6.45) is 2.21. The molecule has 1 amide bonds. The zero-order valence-corrected chi connectivity index (χ0v) is 24.7. The number of benzene rings is 1. The van der Waals surface area contributed by atoms with Gasteiger partial charge in [0, 0.05) is 38.1 Å². The minimum absolute atomic E-state index is 0.0162. The number of rotatable bonds is 5. The molecular weight excluding hydrogens is 609 g/mol. The highest BCUT2D eigenvalue weighted by molar-refractivity contribution is 7.90. The lowest BCUT2D eigenvalue weighted by molar-refractivity contribution is -0.129. The van der Waals surface area contributed by atoms with E-state index in [1.54, 1.807) is 11.8 Å². The fourth-order valence-corrected chi connectivity index (χ4v) is 6.31. The third-order valence-corrected chi connectivity index (χ3v) is 8.56. The molecule has 1 saturated heterocycles. The van der Waals surface area contributed by atoms with Crippen molar-refractivity contribution in [1.82, 2.24) is 24.4 Å². The van der Waals surface area contributed by atoms with Crippen molar-refractivity contribution < 1.29 is 26.4 Å². The third kappa shape index (κ3) is 5.36. The molecule has 0 unspecified atom stereocenters. The molecule has 1 aromatic carbocycles. The van der Waals surface area contributed by atoms with Crippen LogP contribution >= 0.6 is 11.6 Å². The van der Waals surface area contributed by atoms with Crippen molar-refractivity contribution >= 4 is 44.2 Å². The Bertz CT molecular complexity index is 1980. The van der Waals surface area contributed by atoms with Crippen LogP contribution in [0.3, 0.4) is 0 Å². The first-order valence-electron chi connectivity index (χ1n) is 12.8. The van der Waals surface area contributed by atoms with Crippen molar-refractivity contribution in [2.24, 2.45) is 0 Å². The van der Waals surface area contributed by atoms with E-state index in [-0.39, 0.29) is 63.3 Å². The summed E-state index contributed by atoms with van der Waals surface area (Å²) in [5.41, 5.74) is -2.13. The highest BCUT2D eigenvalue weighted by Crippen LogP contribution is 2.36. The summed E-state index contributed by atoms with van der Waals surface area (Å²) < 4.78 is 70.7. The summed E-state index contributed by atoms with van der Waals surface area (Å²) in [6, 6.07) is 5.44. The number of halogens is 4. The topological polar surface area (TPSA) is 118 Å². The van der Waals surface area contributed by atoms with Crippen LogP contribution in [0, 0.1) is 18.6 Å². The molecule has 224 valence electrons. The van der Waals surface area contributed by atoms with Crippen molar-refractivity contribution in [3.63, 3.8) is 0 Å². The van der Waals surface area contributed by atoms with E-state index in [9.17, 15) is 26.8 Å². The second-order valence-corrected chi connectivity index (χ2v) is 12.4. The number of carbonyl (C=O) groups is 1. The van der Waals surface area contributed by atoms with Crippen molar-refractivity contribution in [2.45, 2.75) is 24.8 Å². The molecule has 4 heterocycles. The molecule has 3 aromatic heterocycles. The van der Waals surface area contributed by atoms with Gasteiger partial charge < -0.3 is 9.80 Å². The van der Waals surface area contributed by atoms with Crippen LogP contribution in [0.4, 0.5) is 19.0 Å². The van der Waals surface area contributed by atoms with Crippen molar-refractivity contribution in [2.75, 3.05) is 30.8 Å². The number of hydrogen-bond donors (Lipinski definition) is 0. The van der Waals surface area contributed by atoms with E-state index < -0.39 is 50.6 Å². The normalized spacial score (nSPS) is 15.7. The molecule has 1 aliphatic rings. The minimum Gasteiger partial charge on any atom is -0.350 e. The standard InChI is InChI=1S/C28H24ClF3N6O4S/c1-14-13-36(27(39)15(2)30)10-11-37(14)25-17-12-20(32)23(22-18(29)6-5-7-19(22)31)34-26(17)38(28(40)35-25)24-16(3)33-9-8-21(24)43(4,41)42/h5-9,12,14H,2,10-11,13H2,1,3-4H3/t14-/m0/s1. The zero-order valence-electron chi connectivity index (χ0n) is 23.1. The Kier molecular flexibility index (Phi) is 7.77. The molecular formula is C28H24ClF3N6O4S. The smallest absolute Gasteiger partial charge is 0.350 e. The predicted octanol–water partition coefficient (Wildman–Crippen LogP) is 4.01. The van der Waals surface area contributed by atoms with Crippen LogP contribution in [0.5, 0.6) is 0 Å². The van der Waals surface area contributed by atoms with Crippen LogP contribution in [0.2, 0.25) is 5.02 Å². The van der Waals surface area contributed by atoms with Gasteiger partial charge in [0.2, 0.25) is 0 Å². The fourth-order valence-electron chi connectivity index (χ4n) is 5.16. The number of pyridine rings is 2. The first-order valence-corrected chi connectivity index (χ1v) is 15.1. The Balaban J connectivity index is 1.84. The van der Waals surface area contributed by atoms with Gasteiger partial charge in [-0.1, -0.05) is 24.2 Å². The molecule has 1 fully saturated rings. The Hall–Kier alpha value is -4.30. The van der Waals surface area contributed by atoms with Crippen molar-refractivity contribution in [3.8, 4) is 16.9 Å². The van der Waals surface area contributed by atoms with E-state index >= 15 is 4.39 Å². The quantitative estimate of drug-likeness (QED) is 0.303. The molecule has 0 aliphatic carbocycles. The number of anilines is 1. The predicted molar refractivity (Wildman–Crippen MR) is 155 cm³/mol. The van der Waals surface area contributed by atoms with Crippen LogP contribution in [-0.4, -0.2) is 70.7 Å². The molecule has 1 atom stereocenters. The summed E-state index contributed by atoms with van der Waals surface area (Å²) in [7, 11) is -3.93. The largest absolute Gasteiger partial charge is 0.355 e. The molecule has 43 heavy (non-hydrogen) atoms. The highest BCUT2D eigenvalue weighted by atomic mass is 35.5. The van der Waals surface area contributed by atoms with Gasteiger partial charge in [0.15, 0.2) is 27.1 Å². The summed E-state index contributed by atoms with van der Waals surface area (Å²) in [4.78, 5) is 41.3. The molecule has 1 aliphatic heterocycles. The van der Waals surface area contributed by atoms with Gasteiger partial charge in [-0.05, 0) is 38.1 Å². The first kappa shape index (κ1) is 30.2. The van der Waals surface area contributed by atoms with Crippen molar-refractivity contribution in [3.05, 3.63) is 81.8 Å². The molecule has 0 saturated carbocycles. The Labute approximate surface area is 249 Å². The summed E-state index contributed by atoms with van der Waals surface area (Å²) in [6.45, 7) is 6.38. The van der Waals surface area contributed by atoms with Gasteiger partial charge in [-0.15, -0.1) is 0 Å². The molecule has 0 spiro atoms. The number of carbonyl (C=O) groups excluding carboxylic acids is 1. The summed E-state index contributed by atoms with van der Waals surface area (Å²) in [5.74, 6) is -3.88. The van der Waals surface area contributed by atoms with Crippen LogP contribution in [0.1, 0.15) is 12.6 Å². The number of piperazine rings is 1. The molecule has 10 nitrogen and oxygen atoms in total. The maximum Gasteiger partial charge on any atom is 0.355 e. The Morgan fingerprint density at radius 1 is 1.14 bits per heavy atom. The SMILES string of the molecule is C=C(F)C(=O)N1CCN(c2nc(=O)n(-c3c(S(C)(=O)=O)ccnc3C)c3nc(-c4c(F)cccc4Cl)c(F)cc23)[C@@H](C)C1. The average molecular weight is 633 g/mol. The maximum absolute atomic E-state index is 15.8. The number of nitrogens with zero attached hydrogens (tertiary/aromatic N) is 6. The van der Waals surface area contributed by atoms with Crippen LogP contribution in [0.25, 0.3) is 28.0 Å². The number of aryl methyl sites for hydroxylation is 1. The second kappa shape index (κ2) is 11.1. The third-order valence-electron chi connectivity index (χ3n) is 7.11. The van der Waals surface area contributed by atoms with E-state index in [2.05, 4.69) is 21.5 Å². The van der Waals surface area contributed by atoms with Crippen LogP contribution < -0.4 is 10.6 Å². The number of fused-ring (bicyclic) bond motifs is 1. The van der Waals surface area contributed by atoms with Crippen molar-refractivity contribution in [1.29, 1.82) is 0 Å². The monoisotopic (exact) mass is 632 g/mol. The van der Waals surface area contributed by atoms with Gasteiger partial charge in [0.05, 0.1) is 32.2 Å².